The predicted molar refractivity (Wildman–Crippen MR) is 147 cm³/mol. The number of rotatable bonds is 10. The number of hydrogen-bond donors (Lipinski definition) is 0. The summed E-state index contributed by atoms with van der Waals surface area (Å²) in [5.41, 5.74) is 2.06. The molecule has 0 aliphatic carbocycles. The van der Waals surface area contributed by atoms with E-state index >= 15 is 0 Å². The minimum Gasteiger partial charge on any atom is -0.497 e. The first kappa shape index (κ1) is 26.3. The second-order valence-electron chi connectivity index (χ2n) is 9.71. The molecule has 3 heterocycles. The molecule has 1 aromatic heterocycles. The number of benzene rings is 2. The fraction of sp³-hybridized carbons (Fsp3) is 0.400. The van der Waals surface area contributed by atoms with Gasteiger partial charge < -0.3 is 24.0 Å². The Morgan fingerprint density at radius 2 is 1.95 bits per heavy atom. The predicted octanol–water partition coefficient (Wildman–Crippen LogP) is 4.51. The molecule has 8 heteroatoms. The summed E-state index contributed by atoms with van der Waals surface area (Å²) in [7, 11) is 1.62. The van der Waals surface area contributed by atoms with Crippen LogP contribution in [-0.2, 0) is 27.2 Å². The molecule has 200 valence electrons. The third-order valence-corrected chi connectivity index (χ3v) is 8.19. The Balaban J connectivity index is 1.32. The molecule has 0 N–H and O–H groups in total. The summed E-state index contributed by atoms with van der Waals surface area (Å²) in [6, 6.07) is 19.0. The highest BCUT2D eigenvalue weighted by Gasteiger charge is 2.34. The second kappa shape index (κ2) is 12.5. The van der Waals surface area contributed by atoms with Gasteiger partial charge in [-0.15, -0.1) is 11.3 Å². The van der Waals surface area contributed by atoms with Crippen LogP contribution in [0.5, 0.6) is 11.5 Å². The van der Waals surface area contributed by atoms with Crippen LogP contribution in [0.2, 0.25) is 0 Å². The van der Waals surface area contributed by atoms with E-state index in [1.165, 1.54) is 4.88 Å². The monoisotopic (exact) mass is 534 g/mol. The van der Waals surface area contributed by atoms with Gasteiger partial charge in [-0.05, 0) is 54.0 Å². The SMILES string of the molecule is COc1cccc(OC[C@H]2c3ccsc3CCN2C(=O)CN(C[C@H]2CCCO2)C(=O)Cc2ccccc2)c1. The lowest BCUT2D eigenvalue weighted by Gasteiger charge is -2.37. The van der Waals surface area contributed by atoms with Gasteiger partial charge in [-0.25, -0.2) is 0 Å². The van der Waals surface area contributed by atoms with Crippen LogP contribution in [0.1, 0.15) is 34.9 Å². The number of thiophene rings is 1. The van der Waals surface area contributed by atoms with E-state index in [-0.39, 0.29) is 36.9 Å². The van der Waals surface area contributed by atoms with Crippen LogP contribution in [0, 0.1) is 0 Å². The zero-order valence-electron chi connectivity index (χ0n) is 21.7. The third-order valence-electron chi connectivity index (χ3n) is 7.19. The molecule has 0 bridgehead atoms. The Hall–Kier alpha value is -3.36. The molecule has 2 aliphatic rings. The molecule has 2 amide bonds. The molecule has 1 saturated heterocycles. The summed E-state index contributed by atoms with van der Waals surface area (Å²) in [5, 5.41) is 2.07. The van der Waals surface area contributed by atoms with Crippen molar-refractivity contribution in [3.05, 3.63) is 82.0 Å². The minimum atomic E-state index is -0.225. The molecular weight excluding hydrogens is 500 g/mol. The Morgan fingerprint density at radius 1 is 1.11 bits per heavy atom. The molecular formula is C30H34N2O5S. The summed E-state index contributed by atoms with van der Waals surface area (Å²) in [6.07, 6.45) is 2.92. The molecule has 0 spiro atoms. The van der Waals surface area contributed by atoms with E-state index in [9.17, 15) is 9.59 Å². The minimum absolute atomic E-state index is 0.0282. The summed E-state index contributed by atoms with van der Waals surface area (Å²) >= 11 is 1.72. The van der Waals surface area contributed by atoms with Crippen molar-refractivity contribution in [3.63, 3.8) is 0 Å². The normalized spacial score (nSPS) is 18.6. The lowest BCUT2D eigenvalue weighted by Crippen LogP contribution is -2.49. The summed E-state index contributed by atoms with van der Waals surface area (Å²) in [6.45, 7) is 2.09. The van der Waals surface area contributed by atoms with E-state index in [0.29, 0.717) is 32.1 Å². The first-order chi connectivity index (χ1) is 18.6. The molecule has 0 saturated carbocycles. The average Bonchev–Trinajstić information content (AvgIpc) is 3.64. The molecule has 3 aromatic rings. The van der Waals surface area contributed by atoms with Gasteiger partial charge in [0.1, 0.15) is 18.1 Å². The highest BCUT2D eigenvalue weighted by Crippen LogP contribution is 2.34. The smallest absolute Gasteiger partial charge is 0.242 e. The maximum Gasteiger partial charge on any atom is 0.242 e. The van der Waals surface area contributed by atoms with Crippen molar-refractivity contribution in [2.24, 2.45) is 0 Å². The molecule has 2 aliphatic heterocycles. The highest BCUT2D eigenvalue weighted by atomic mass is 32.1. The van der Waals surface area contributed by atoms with E-state index in [1.54, 1.807) is 23.3 Å². The van der Waals surface area contributed by atoms with Crippen LogP contribution >= 0.6 is 11.3 Å². The zero-order chi connectivity index (χ0) is 26.3. The number of carbonyl (C=O) groups excluding carboxylic acids is 2. The van der Waals surface area contributed by atoms with Gasteiger partial charge in [0.15, 0.2) is 0 Å². The molecule has 0 radical (unpaired) electrons. The van der Waals surface area contributed by atoms with Gasteiger partial charge in [0.25, 0.3) is 0 Å². The van der Waals surface area contributed by atoms with Crippen molar-refractivity contribution in [1.29, 1.82) is 0 Å². The van der Waals surface area contributed by atoms with Gasteiger partial charge in [0.05, 0.1) is 32.2 Å². The molecule has 7 nitrogen and oxygen atoms in total. The van der Waals surface area contributed by atoms with Crippen molar-refractivity contribution in [3.8, 4) is 11.5 Å². The first-order valence-electron chi connectivity index (χ1n) is 13.2. The Kier molecular flexibility index (Phi) is 8.61. The van der Waals surface area contributed by atoms with Crippen molar-refractivity contribution in [2.75, 3.05) is 40.0 Å². The molecule has 38 heavy (non-hydrogen) atoms. The van der Waals surface area contributed by atoms with Gasteiger partial charge in [-0.1, -0.05) is 36.4 Å². The third kappa shape index (κ3) is 6.37. The van der Waals surface area contributed by atoms with Crippen molar-refractivity contribution in [1.82, 2.24) is 9.80 Å². The maximum absolute atomic E-state index is 13.8. The van der Waals surface area contributed by atoms with Crippen LogP contribution in [0.15, 0.2) is 66.0 Å². The van der Waals surface area contributed by atoms with Gasteiger partial charge in [-0.2, -0.15) is 0 Å². The first-order valence-corrected chi connectivity index (χ1v) is 14.0. The number of carbonyl (C=O) groups is 2. The fourth-order valence-electron chi connectivity index (χ4n) is 5.17. The Labute approximate surface area is 227 Å². The molecule has 0 unspecified atom stereocenters. The summed E-state index contributed by atoms with van der Waals surface area (Å²) in [5.74, 6) is 1.28. The van der Waals surface area contributed by atoms with Gasteiger partial charge in [-0.3, -0.25) is 9.59 Å². The summed E-state index contributed by atoms with van der Waals surface area (Å²) < 4.78 is 17.3. The maximum atomic E-state index is 13.8. The summed E-state index contributed by atoms with van der Waals surface area (Å²) in [4.78, 5) is 32.1. The van der Waals surface area contributed by atoms with Crippen LogP contribution in [0.25, 0.3) is 0 Å². The zero-order valence-corrected chi connectivity index (χ0v) is 22.5. The number of nitrogens with zero attached hydrogens (tertiary/aromatic N) is 2. The van der Waals surface area contributed by atoms with E-state index in [4.69, 9.17) is 14.2 Å². The molecule has 2 aromatic carbocycles. The lowest BCUT2D eigenvalue weighted by molar-refractivity contribution is -0.143. The number of ether oxygens (including phenoxy) is 3. The van der Waals surface area contributed by atoms with Gasteiger partial charge >= 0.3 is 0 Å². The number of hydrogen-bond acceptors (Lipinski definition) is 6. The van der Waals surface area contributed by atoms with Crippen molar-refractivity contribution < 1.29 is 23.8 Å². The fourth-order valence-corrected chi connectivity index (χ4v) is 6.09. The van der Waals surface area contributed by atoms with Gasteiger partial charge in [0.2, 0.25) is 11.8 Å². The van der Waals surface area contributed by atoms with E-state index in [2.05, 4.69) is 11.4 Å². The van der Waals surface area contributed by atoms with E-state index < -0.39 is 0 Å². The molecule has 1 fully saturated rings. The number of fused-ring (bicyclic) bond motifs is 1. The lowest BCUT2D eigenvalue weighted by atomic mass is 10.00. The highest BCUT2D eigenvalue weighted by molar-refractivity contribution is 7.10. The van der Waals surface area contributed by atoms with E-state index in [1.807, 2.05) is 59.5 Å². The largest absolute Gasteiger partial charge is 0.497 e. The van der Waals surface area contributed by atoms with Crippen molar-refractivity contribution in [2.45, 2.75) is 37.8 Å². The standard InChI is InChI=1S/C30H34N2O5S/c1-35-23-9-5-10-24(18-23)37-21-27-26-13-16-38-28(26)12-14-32(27)30(34)20-31(19-25-11-6-15-36-25)29(33)17-22-7-3-2-4-8-22/h2-5,7-10,13,16,18,25,27H,6,11-12,14-15,17,19-21H2,1H3/t25-,27+/m1/s1. The van der Waals surface area contributed by atoms with Gasteiger partial charge in [0, 0.05) is 30.6 Å². The van der Waals surface area contributed by atoms with Crippen LogP contribution in [0.3, 0.4) is 0 Å². The van der Waals surface area contributed by atoms with Crippen LogP contribution in [0.4, 0.5) is 0 Å². The van der Waals surface area contributed by atoms with E-state index in [0.717, 1.165) is 36.1 Å². The second-order valence-corrected chi connectivity index (χ2v) is 10.7. The molecule has 5 rings (SSSR count). The quantitative estimate of drug-likeness (QED) is 0.383. The average molecular weight is 535 g/mol. The van der Waals surface area contributed by atoms with Crippen LogP contribution < -0.4 is 9.47 Å². The molecule has 2 atom stereocenters. The number of amides is 2. The number of methoxy groups -OCH3 is 1. The van der Waals surface area contributed by atoms with Crippen molar-refractivity contribution >= 4 is 23.2 Å². The Bertz CT molecular complexity index is 1220. The Morgan fingerprint density at radius 3 is 2.74 bits per heavy atom. The topological polar surface area (TPSA) is 68.3 Å². The van der Waals surface area contributed by atoms with Crippen LogP contribution in [-0.4, -0.2) is 67.7 Å².